The fourth-order valence-electron chi connectivity index (χ4n) is 2.60. The smallest absolute Gasteiger partial charge is 0.0557 e. The minimum absolute atomic E-state index is 0.629. The van der Waals surface area contributed by atoms with Gasteiger partial charge in [-0.15, -0.1) is 0 Å². The number of benzene rings is 2. The van der Waals surface area contributed by atoms with Crippen LogP contribution in [0.3, 0.4) is 0 Å². The van der Waals surface area contributed by atoms with Crippen LogP contribution in [0.5, 0.6) is 0 Å². The van der Waals surface area contributed by atoms with Gasteiger partial charge in [0.05, 0.1) is 11.2 Å². The molecule has 1 heterocycles. The fraction of sp³-hybridized carbons (Fsp3) is 0.278. The average molecular weight is 348 g/mol. The highest BCUT2D eigenvalue weighted by Gasteiger charge is 2.15. The highest BCUT2D eigenvalue weighted by molar-refractivity contribution is 6.36. The van der Waals surface area contributed by atoms with Gasteiger partial charge in [0, 0.05) is 43.3 Å². The van der Waals surface area contributed by atoms with E-state index in [2.05, 4.69) is 45.3 Å². The second-order valence-electron chi connectivity index (χ2n) is 5.63. The molecule has 120 valence electrons. The molecular formula is C18H19Cl2N3. The van der Waals surface area contributed by atoms with Crippen LogP contribution >= 0.6 is 23.2 Å². The van der Waals surface area contributed by atoms with Gasteiger partial charge >= 0.3 is 0 Å². The Morgan fingerprint density at radius 1 is 0.957 bits per heavy atom. The van der Waals surface area contributed by atoms with Crippen molar-refractivity contribution < 1.29 is 0 Å². The molecule has 1 fully saturated rings. The van der Waals surface area contributed by atoms with Crippen molar-refractivity contribution in [3.63, 3.8) is 0 Å². The van der Waals surface area contributed by atoms with Crippen molar-refractivity contribution >= 4 is 29.4 Å². The number of halogens is 2. The Morgan fingerprint density at radius 3 is 2.39 bits per heavy atom. The van der Waals surface area contributed by atoms with E-state index in [0.717, 1.165) is 38.3 Å². The molecule has 0 amide bonds. The van der Waals surface area contributed by atoms with Crippen LogP contribution in [0.4, 0.5) is 0 Å². The predicted molar refractivity (Wildman–Crippen MR) is 97.3 cm³/mol. The molecule has 0 bridgehead atoms. The molecule has 0 unspecified atom stereocenters. The summed E-state index contributed by atoms with van der Waals surface area (Å²) in [6.07, 6.45) is 1.81. The molecule has 1 aliphatic heterocycles. The van der Waals surface area contributed by atoms with Gasteiger partial charge in [-0.05, 0) is 17.7 Å². The van der Waals surface area contributed by atoms with E-state index in [-0.39, 0.29) is 0 Å². The van der Waals surface area contributed by atoms with Gasteiger partial charge in [0.15, 0.2) is 0 Å². The molecule has 0 atom stereocenters. The molecule has 3 nitrogen and oxygen atoms in total. The zero-order valence-electron chi connectivity index (χ0n) is 12.8. The lowest BCUT2D eigenvalue weighted by Gasteiger charge is -2.33. The van der Waals surface area contributed by atoms with Crippen LogP contribution in [0.1, 0.15) is 11.1 Å². The lowest BCUT2D eigenvalue weighted by Crippen LogP contribution is -2.43. The van der Waals surface area contributed by atoms with Crippen molar-refractivity contribution in [1.29, 1.82) is 0 Å². The molecule has 0 N–H and O–H groups in total. The standard InChI is InChI=1S/C18H19Cl2N3/c19-17-7-6-16(18(20)12-17)13-21-23-10-8-22(9-11-23)14-15-4-2-1-3-5-15/h1-7,12-13H,8-11,14H2/b21-13+. The van der Waals surface area contributed by atoms with Crippen molar-refractivity contribution in [3.05, 3.63) is 69.7 Å². The molecule has 1 saturated heterocycles. The Bertz CT molecular complexity index is 665. The first-order chi connectivity index (χ1) is 11.2. The van der Waals surface area contributed by atoms with E-state index in [1.54, 1.807) is 6.07 Å². The molecular weight excluding hydrogens is 329 g/mol. The molecule has 0 aliphatic carbocycles. The molecule has 5 heteroatoms. The summed E-state index contributed by atoms with van der Waals surface area (Å²) in [7, 11) is 0. The summed E-state index contributed by atoms with van der Waals surface area (Å²) in [5, 5.41) is 7.90. The van der Waals surface area contributed by atoms with Crippen LogP contribution in [0, 0.1) is 0 Å². The first-order valence-corrected chi connectivity index (χ1v) is 8.46. The summed E-state index contributed by atoms with van der Waals surface area (Å²) in [6, 6.07) is 16.0. The molecule has 0 aromatic heterocycles. The number of nitrogens with zero attached hydrogens (tertiary/aromatic N) is 3. The van der Waals surface area contributed by atoms with Gasteiger partial charge in [-0.3, -0.25) is 9.91 Å². The summed E-state index contributed by atoms with van der Waals surface area (Å²) < 4.78 is 0. The van der Waals surface area contributed by atoms with E-state index in [4.69, 9.17) is 23.2 Å². The SMILES string of the molecule is Clc1ccc(/C=N/N2CCN(Cc3ccccc3)CC2)c(Cl)c1. The third kappa shape index (κ3) is 4.71. The van der Waals surface area contributed by atoms with Crippen molar-refractivity contribution in [2.45, 2.75) is 6.54 Å². The van der Waals surface area contributed by atoms with Crippen LogP contribution < -0.4 is 0 Å². The van der Waals surface area contributed by atoms with Gasteiger partial charge < -0.3 is 0 Å². The molecule has 0 saturated carbocycles. The Kier molecular flexibility index (Phi) is 5.55. The van der Waals surface area contributed by atoms with Crippen molar-refractivity contribution in [2.75, 3.05) is 26.2 Å². The highest BCUT2D eigenvalue weighted by atomic mass is 35.5. The van der Waals surface area contributed by atoms with Gasteiger partial charge in [-0.1, -0.05) is 59.6 Å². The summed E-state index contributed by atoms with van der Waals surface area (Å²) in [4.78, 5) is 2.45. The van der Waals surface area contributed by atoms with E-state index in [9.17, 15) is 0 Å². The number of hydrogen-bond donors (Lipinski definition) is 0. The summed E-state index contributed by atoms with van der Waals surface area (Å²) in [5.41, 5.74) is 2.25. The first-order valence-electron chi connectivity index (χ1n) is 7.71. The van der Waals surface area contributed by atoms with E-state index >= 15 is 0 Å². The van der Waals surface area contributed by atoms with Crippen molar-refractivity contribution in [2.24, 2.45) is 5.10 Å². The van der Waals surface area contributed by atoms with Gasteiger partial charge in [-0.25, -0.2) is 0 Å². The summed E-state index contributed by atoms with van der Waals surface area (Å²) >= 11 is 12.1. The normalized spacial score (nSPS) is 16.2. The Labute approximate surface area is 147 Å². The van der Waals surface area contributed by atoms with E-state index < -0.39 is 0 Å². The molecule has 0 spiro atoms. The second-order valence-corrected chi connectivity index (χ2v) is 6.47. The van der Waals surface area contributed by atoms with Gasteiger partial charge in [0.2, 0.25) is 0 Å². The topological polar surface area (TPSA) is 18.8 Å². The lowest BCUT2D eigenvalue weighted by molar-refractivity contribution is 0.131. The minimum atomic E-state index is 0.629. The Hall–Kier alpha value is -1.55. The van der Waals surface area contributed by atoms with Crippen LogP contribution in [-0.2, 0) is 6.54 Å². The van der Waals surface area contributed by atoms with E-state index in [0.29, 0.717) is 10.0 Å². The van der Waals surface area contributed by atoms with Crippen molar-refractivity contribution in [1.82, 2.24) is 9.91 Å². The van der Waals surface area contributed by atoms with Crippen LogP contribution in [-0.4, -0.2) is 42.3 Å². The van der Waals surface area contributed by atoms with Crippen molar-refractivity contribution in [3.8, 4) is 0 Å². The third-order valence-electron chi connectivity index (χ3n) is 3.92. The lowest BCUT2D eigenvalue weighted by atomic mass is 10.2. The molecule has 0 radical (unpaired) electrons. The summed E-state index contributed by atoms with van der Waals surface area (Å²) in [5.74, 6) is 0. The molecule has 23 heavy (non-hydrogen) atoms. The average Bonchev–Trinajstić information content (AvgIpc) is 2.56. The van der Waals surface area contributed by atoms with Gasteiger partial charge in [-0.2, -0.15) is 5.10 Å². The third-order valence-corrected chi connectivity index (χ3v) is 4.48. The van der Waals surface area contributed by atoms with Gasteiger partial charge in [0.1, 0.15) is 0 Å². The maximum Gasteiger partial charge on any atom is 0.0557 e. The zero-order valence-corrected chi connectivity index (χ0v) is 14.3. The Balaban J connectivity index is 1.52. The molecule has 3 rings (SSSR count). The number of hydrazone groups is 1. The maximum atomic E-state index is 6.16. The maximum absolute atomic E-state index is 6.16. The predicted octanol–water partition coefficient (Wildman–Crippen LogP) is 4.15. The first kappa shape index (κ1) is 16.3. The van der Waals surface area contributed by atoms with Crippen LogP contribution in [0.25, 0.3) is 0 Å². The monoisotopic (exact) mass is 347 g/mol. The van der Waals surface area contributed by atoms with Crippen LogP contribution in [0.2, 0.25) is 10.0 Å². The minimum Gasteiger partial charge on any atom is -0.295 e. The molecule has 1 aliphatic rings. The number of piperazine rings is 1. The number of rotatable bonds is 4. The highest BCUT2D eigenvalue weighted by Crippen LogP contribution is 2.19. The number of hydrogen-bond acceptors (Lipinski definition) is 3. The van der Waals surface area contributed by atoms with E-state index in [1.807, 2.05) is 18.3 Å². The largest absolute Gasteiger partial charge is 0.295 e. The Morgan fingerprint density at radius 2 is 1.70 bits per heavy atom. The molecule has 2 aromatic rings. The quantitative estimate of drug-likeness (QED) is 0.773. The fourth-order valence-corrected chi connectivity index (χ4v) is 3.06. The second kappa shape index (κ2) is 7.82. The zero-order chi connectivity index (χ0) is 16.1. The summed E-state index contributed by atoms with van der Waals surface area (Å²) in [6.45, 7) is 4.88. The van der Waals surface area contributed by atoms with Crippen LogP contribution in [0.15, 0.2) is 53.6 Å². The van der Waals surface area contributed by atoms with E-state index in [1.165, 1.54) is 5.56 Å². The van der Waals surface area contributed by atoms with Gasteiger partial charge in [0.25, 0.3) is 0 Å². The molecule has 2 aromatic carbocycles.